The highest BCUT2D eigenvalue weighted by Gasteiger charge is 2.18. The van der Waals surface area contributed by atoms with Crippen LogP contribution in [0.3, 0.4) is 0 Å². The lowest BCUT2D eigenvalue weighted by molar-refractivity contribution is 0.0694. The number of sulfone groups is 2. The molecule has 0 heterocycles. The molecule has 0 aliphatic heterocycles. The molecule has 254 valence electrons. The van der Waals surface area contributed by atoms with Crippen LogP contribution in [-0.4, -0.2) is 78.6 Å². The third-order valence-corrected chi connectivity index (χ3v) is 9.93. The zero-order valence-electron chi connectivity index (χ0n) is 23.2. The quantitative estimate of drug-likeness (QED) is 0.0833. The van der Waals surface area contributed by atoms with Gasteiger partial charge in [-0.05, 0) is 48.5 Å². The van der Waals surface area contributed by atoms with Crippen molar-refractivity contribution >= 4 is 57.8 Å². The fourth-order valence-electron chi connectivity index (χ4n) is 3.44. The second-order valence-corrected chi connectivity index (χ2v) is 15.3. The topological polar surface area (TPSA) is 316 Å². The molecule has 0 aliphatic rings. The highest BCUT2D eigenvalue weighted by atomic mass is 32.3. The van der Waals surface area contributed by atoms with Gasteiger partial charge in [0.1, 0.15) is 5.36 Å². The standard InChI is InChI=1S/C23H22N4O16S4/c28-19-13-18(23(30)31)20(26-24-14-1-5-16(6-2-14)44(32,33)11-9-42-46(36,37)38)22(29)21(19)27-25-15-3-7-17(8-4-15)45(34,35)12-10-43-47(39,40)41/h1-8,13,24-25H,9-12H2,(H,30,31)(H,36,37,38)(H,39,40,41). The Hall–Kier alpha value is -4.43. The molecule has 0 radical (unpaired) electrons. The van der Waals surface area contributed by atoms with Gasteiger partial charge in [0.2, 0.25) is 10.9 Å². The number of carboxylic acid groups (broad SMARTS) is 1. The minimum Gasteiger partial charge on any atom is -0.478 e. The number of carbonyl (C=O) groups is 1. The van der Waals surface area contributed by atoms with Gasteiger partial charge in [-0.25, -0.2) is 30.0 Å². The molecule has 0 spiro atoms. The summed E-state index contributed by atoms with van der Waals surface area (Å²) in [4.78, 5) is 36.7. The van der Waals surface area contributed by atoms with Crippen molar-refractivity contribution in [2.45, 2.75) is 9.79 Å². The summed E-state index contributed by atoms with van der Waals surface area (Å²) in [6.45, 7) is -1.71. The van der Waals surface area contributed by atoms with Gasteiger partial charge in [-0.3, -0.25) is 29.5 Å². The number of hydrogen-bond acceptors (Lipinski definition) is 17. The zero-order chi connectivity index (χ0) is 35.2. The highest BCUT2D eigenvalue weighted by Crippen LogP contribution is 2.17. The molecule has 0 unspecified atom stereocenters. The van der Waals surface area contributed by atoms with E-state index in [0.29, 0.717) is 6.07 Å². The summed E-state index contributed by atoms with van der Waals surface area (Å²) in [5, 5.41) is 15.4. The fraction of sp³-hybridized carbons (Fsp3) is 0.174. The maximum atomic E-state index is 13.0. The van der Waals surface area contributed by atoms with Crippen molar-refractivity contribution in [1.29, 1.82) is 0 Å². The molecule has 0 saturated carbocycles. The molecule has 0 fully saturated rings. The molecule has 3 aromatic rings. The number of rotatable bonds is 15. The normalized spacial score (nSPS) is 13.4. The first-order valence-electron chi connectivity index (χ1n) is 12.3. The van der Waals surface area contributed by atoms with E-state index < -0.39 is 98.3 Å². The molecular weight excluding hydrogens is 717 g/mol. The first-order valence-corrected chi connectivity index (χ1v) is 18.3. The second kappa shape index (κ2) is 14.6. The Kier molecular flexibility index (Phi) is 11.5. The van der Waals surface area contributed by atoms with Crippen LogP contribution in [0, 0.1) is 0 Å². The number of anilines is 2. The number of carboxylic acids is 1. The van der Waals surface area contributed by atoms with Crippen LogP contribution in [0.1, 0.15) is 10.4 Å². The molecule has 20 nitrogen and oxygen atoms in total. The number of benzene rings is 3. The summed E-state index contributed by atoms with van der Waals surface area (Å²) in [6, 6.07) is 9.60. The Labute approximate surface area is 265 Å². The van der Waals surface area contributed by atoms with Gasteiger partial charge in [0.05, 0.1) is 51.4 Å². The number of aromatic carboxylic acids is 1. The Morgan fingerprint density at radius 1 is 0.660 bits per heavy atom. The van der Waals surface area contributed by atoms with Crippen LogP contribution in [0.5, 0.6) is 0 Å². The molecule has 0 aliphatic carbocycles. The van der Waals surface area contributed by atoms with Crippen LogP contribution in [0.4, 0.5) is 11.4 Å². The zero-order valence-corrected chi connectivity index (χ0v) is 26.5. The van der Waals surface area contributed by atoms with Crippen LogP contribution in [-0.2, 0) is 48.8 Å². The Morgan fingerprint density at radius 2 is 1.04 bits per heavy atom. The smallest absolute Gasteiger partial charge is 0.397 e. The van der Waals surface area contributed by atoms with Crippen LogP contribution in [0.25, 0.3) is 0 Å². The summed E-state index contributed by atoms with van der Waals surface area (Å²) in [6.07, 6.45) is 0. The van der Waals surface area contributed by atoms with Crippen LogP contribution >= 0.6 is 0 Å². The van der Waals surface area contributed by atoms with E-state index >= 15 is 0 Å². The number of hydrogen-bond donors (Lipinski definition) is 5. The molecule has 3 rings (SSSR count). The molecule has 0 amide bonds. The molecule has 3 aromatic carbocycles. The third-order valence-electron chi connectivity index (χ3n) is 5.61. The van der Waals surface area contributed by atoms with Crippen molar-refractivity contribution in [2.75, 3.05) is 35.6 Å². The summed E-state index contributed by atoms with van der Waals surface area (Å²) in [5.74, 6) is -3.28. The largest absolute Gasteiger partial charge is 0.478 e. The molecule has 0 saturated heterocycles. The third kappa shape index (κ3) is 10.8. The van der Waals surface area contributed by atoms with Crippen molar-refractivity contribution in [2.24, 2.45) is 10.2 Å². The van der Waals surface area contributed by atoms with Gasteiger partial charge < -0.3 is 5.11 Å². The van der Waals surface area contributed by atoms with Crippen molar-refractivity contribution < 1.29 is 61.0 Å². The minimum atomic E-state index is -4.85. The first-order chi connectivity index (χ1) is 21.7. The minimum absolute atomic E-state index is 0.0521. The summed E-state index contributed by atoms with van der Waals surface area (Å²) >= 11 is 0. The SMILES string of the molecule is O=C(O)c1cc(=O)c(=NNc2ccc(S(=O)(=O)CCOS(=O)(=O)O)cc2)c(=O)c1=NNc1ccc(S(=O)(=O)CCOS(=O)(=O)O)cc1. The monoisotopic (exact) mass is 738 g/mol. The molecular formula is C23H22N4O16S4. The van der Waals surface area contributed by atoms with E-state index in [2.05, 4.69) is 29.4 Å². The van der Waals surface area contributed by atoms with E-state index in [0.717, 1.165) is 24.3 Å². The van der Waals surface area contributed by atoms with E-state index in [4.69, 9.17) is 9.11 Å². The van der Waals surface area contributed by atoms with Crippen LogP contribution in [0.15, 0.2) is 84.2 Å². The van der Waals surface area contributed by atoms with Gasteiger partial charge in [-0.15, -0.1) is 0 Å². The highest BCUT2D eigenvalue weighted by molar-refractivity contribution is 7.91. The fourth-order valence-corrected chi connectivity index (χ4v) is 6.42. The average molecular weight is 739 g/mol. The van der Waals surface area contributed by atoms with Gasteiger partial charge >= 0.3 is 26.8 Å². The van der Waals surface area contributed by atoms with Gasteiger partial charge in [0, 0.05) is 6.07 Å². The van der Waals surface area contributed by atoms with Crippen LogP contribution < -0.4 is 32.4 Å². The van der Waals surface area contributed by atoms with Gasteiger partial charge in [0.15, 0.2) is 25.0 Å². The average Bonchev–Trinajstić information content (AvgIpc) is 2.95. The predicted molar refractivity (Wildman–Crippen MR) is 159 cm³/mol. The number of nitrogens with zero attached hydrogens (tertiary/aromatic N) is 2. The lowest BCUT2D eigenvalue weighted by atomic mass is 10.2. The molecule has 24 heteroatoms. The van der Waals surface area contributed by atoms with Crippen LogP contribution in [0.2, 0.25) is 0 Å². The van der Waals surface area contributed by atoms with Gasteiger partial charge in [0.25, 0.3) is 0 Å². The van der Waals surface area contributed by atoms with Gasteiger partial charge in [-0.1, -0.05) is 0 Å². The molecule has 47 heavy (non-hydrogen) atoms. The van der Waals surface area contributed by atoms with E-state index in [1.165, 1.54) is 24.3 Å². The number of nitrogens with one attached hydrogen (secondary N) is 2. The van der Waals surface area contributed by atoms with E-state index in [-0.39, 0.29) is 21.2 Å². The molecule has 0 atom stereocenters. The summed E-state index contributed by atoms with van der Waals surface area (Å²) in [5.41, 5.74) is 1.69. The Morgan fingerprint density at radius 3 is 1.40 bits per heavy atom. The summed E-state index contributed by atoms with van der Waals surface area (Å²) in [7, 11) is -17.8. The van der Waals surface area contributed by atoms with E-state index in [9.17, 15) is 53.2 Å². The second-order valence-electron chi connectivity index (χ2n) is 8.89. The lowest BCUT2D eigenvalue weighted by Gasteiger charge is -2.06. The molecule has 0 aromatic heterocycles. The maximum absolute atomic E-state index is 13.0. The van der Waals surface area contributed by atoms with E-state index in [1.54, 1.807) is 0 Å². The predicted octanol–water partition coefficient (Wildman–Crippen LogP) is -1.98. The Bertz CT molecular complexity index is 2330. The van der Waals surface area contributed by atoms with Crippen molar-refractivity contribution in [3.05, 3.63) is 91.3 Å². The lowest BCUT2D eigenvalue weighted by Crippen LogP contribution is -2.50. The Balaban J connectivity index is 1.85. The molecule has 0 bridgehead atoms. The van der Waals surface area contributed by atoms with Crippen molar-refractivity contribution in [3.63, 3.8) is 0 Å². The van der Waals surface area contributed by atoms with Crippen molar-refractivity contribution in [3.8, 4) is 0 Å². The van der Waals surface area contributed by atoms with E-state index in [1.807, 2.05) is 0 Å². The molecule has 5 N–H and O–H groups in total. The van der Waals surface area contributed by atoms with Gasteiger partial charge in [-0.2, -0.15) is 27.0 Å². The first kappa shape index (κ1) is 37.0. The van der Waals surface area contributed by atoms with Crippen molar-refractivity contribution in [1.82, 2.24) is 0 Å². The summed E-state index contributed by atoms with van der Waals surface area (Å²) < 4.78 is 117. The maximum Gasteiger partial charge on any atom is 0.397 e.